The molecule has 0 radical (unpaired) electrons. The van der Waals surface area contributed by atoms with Crippen LogP contribution in [0, 0.1) is 6.92 Å². The number of aryl methyl sites for hydroxylation is 1. The van der Waals surface area contributed by atoms with Gasteiger partial charge in [0.2, 0.25) is 0 Å². The molecule has 5 heteroatoms. The Bertz CT molecular complexity index is 435. The summed E-state index contributed by atoms with van der Waals surface area (Å²) in [5, 5.41) is 4.78. The van der Waals surface area contributed by atoms with Crippen molar-refractivity contribution >= 4 is 28.7 Å². The summed E-state index contributed by atoms with van der Waals surface area (Å²) in [5.74, 6) is 0. The van der Waals surface area contributed by atoms with Gasteiger partial charge in [-0.25, -0.2) is 9.50 Å². The lowest BCUT2D eigenvalue weighted by atomic mass is 10.3. The van der Waals surface area contributed by atoms with Crippen molar-refractivity contribution in [3.8, 4) is 0 Å². The van der Waals surface area contributed by atoms with Gasteiger partial charge in [-0.2, -0.15) is 5.10 Å². The molecule has 12 heavy (non-hydrogen) atoms. The number of nitrogens with zero attached hydrogens (tertiary/aromatic N) is 3. The van der Waals surface area contributed by atoms with Crippen LogP contribution in [0.1, 0.15) is 5.56 Å². The highest BCUT2D eigenvalue weighted by molar-refractivity contribution is 6.34. The summed E-state index contributed by atoms with van der Waals surface area (Å²) in [6, 6.07) is 0. The van der Waals surface area contributed by atoms with Gasteiger partial charge in [-0.15, -0.1) is 0 Å². The molecule has 0 unspecified atom stereocenters. The summed E-state index contributed by atoms with van der Waals surface area (Å²) in [4.78, 5) is 3.90. The molecule has 2 aromatic heterocycles. The van der Waals surface area contributed by atoms with Crippen molar-refractivity contribution in [1.82, 2.24) is 14.6 Å². The Morgan fingerprint density at radius 2 is 2.17 bits per heavy atom. The molecule has 0 atom stereocenters. The SMILES string of the molecule is Cc1cnn2cc(Cl)nc(Cl)c12. The zero-order chi connectivity index (χ0) is 8.72. The fraction of sp³-hybridized carbons (Fsp3) is 0.143. The second kappa shape index (κ2) is 2.61. The molecule has 0 N–H and O–H groups in total. The van der Waals surface area contributed by atoms with E-state index in [0.29, 0.717) is 10.3 Å². The first-order valence-electron chi connectivity index (χ1n) is 3.34. The molecule has 0 spiro atoms. The molecule has 2 rings (SSSR count). The van der Waals surface area contributed by atoms with Gasteiger partial charge in [-0.1, -0.05) is 23.2 Å². The van der Waals surface area contributed by atoms with E-state index in [1.165, 1.54) is 0 Å². The maximum Gasteiger partial charge on any atom is 0.156 e. The van der Waals surface area contributed by atoms with Crippen LogP contribution >= 0.6 is 23.2 Å². The molecular formula is C7H5Cl2N3. The highest BCUT2D eigenvalue weighted by atomic mass is 35.5. The van der Waals surface area contributed by atoms with E-state index in [9.17, 15) is 0 Å². The molecular weight excluding hydrogens is 197 g/mol. The van der Waals surface area contributed by atoms with Crippen LogP contribution in [0.15, 0.2) is 12.4 Å². The van der Waals surface area contributed by atoms with Gasteiger partial charge in [0.1, 0.15) is 10.7 Å². The maximum atomic E-state index is 5.85. The van der Waals surface area contributed by atoms with E-state index in [-0.39, 0.29) is 0 Å². The standard InChI is InChI=1S/C7H5Cl2N3/c1-4-2-10-12-3-5(8)11-7(9)6(4)12/h2-3H,1H3. The third-order valence-electron chi connectivity index (χ3n) is 1.61. The van der Waals surface area contributed by atoms with E-state index < -0.39 is 0 Å². The van der Waals surface area contributed by atoms with Gasteiger partial charge in [0.15, 0.2) is 5.15 Å². The van der Waals surface area contributed by atoms with Crippen LogP contribution in [0.25, 0.3) is 5.52 Å². The molecule has 0 fully saturated rings. The molecule has 62 valence electrons. The van der Waals surface area contributed by atoms with Gasteiger partial charge in [0.05, 0.1) is 12.4 Å². The summed E-state index contributed by atoms with van der Waals surface area (Å²) < 4.78 is 1.62. The predicted octanol–water partition coefficient (Wildman–Crippen LogP) is 2.34. The minimum atomic E-state index is 0.343. The first-order chi connectivity index (χ1) is 5.68. The highest BCUT2D eigenvalue weighted by Crippen LogP contribution is 2.20. The number of hydrogen-bond donors (Lipinski definition) is 0. The van der Waals surface area contributed by atoms with Crippen molar-refractivity contribution in [3.05, 3.63) is 28.3 Å². The van der Waals surface area contributed by atoms with Crippen LogP contribution in [-0.4, -0.2) is 14.6 Å². The van der Waals surface area contributed by atoms with E-state index in [2.05, 4.69) is 10.1 Å². The van der Waals surface area contributed by atoms with E-state index >= 15 is 0 Å². The third-order valence-corrected chi connectivity index (χ3v) is 2.05. The molecule has 2 aromatic rings. The monoisotopic (exact) mass is 201 g/mol. The lowest BCUT2D eigenvalue weighted by molar-refractivity contribution is 0.946. The van der Waals surface area contributed by atoms with Crippen LogP contribution in [0.2, 0.25) is 10.3 Å². The fourth-order valence-corrected chi connectivity index (χ4v) is 1.63. The molecule has 0 aliphatic carbocycles. The van der Waals surface area contributed by atoms with Crippen molar-refractivity contribution in [2.24, 2.45) is 0 Å². The van der Waals surface area contributed by atoms with Crippen molar-refractivity contribution in [1.29, 1.82) is 0 Å². The molecule has 0 amide bonds. The Morgan fingerprint density at radius 3 is 2.92 bits per heavy atom. The summed E-state index contributed by atoms with van der Waals surface area (Å²) >= 11 is 11.5. The lowest BCUT2D eigenvalue weighted by Gasteiger charge is -1.96. The average molecular weight is 202 g/mol. The Balaban J connectivity index is 2.93. The Morgan fingerprint density at radius 1 is 1.42 bits per heavy atom. The number of rotatable bonds is 0. The predicted molar refractivity (Wildman–Crippen MR) is 47.7 cm³/mol. The van der Waals surface area contributed by atoms with Crippen LogP contribution in [-0.2, 0) is 0 Å². The molecule has 0 saturated heterocycles. The molecule has 2 heterocycles. The largest absolute Gasteiger partial charge is 0.234 e. The highest BCUT2D eigenvalue weighted by Gasteiger charge is 2.06. The maximum absolute atomic E-state index is 5.85. The molecule has 3 nitrogen and oxygen atoms in total. The van der Waals surface area contributed by atoms with Gasteiger partial charge in [0, 0.05) is 0 Å². The van der Waals surface area contributed by atoms with Crippen LogP contribution in [0.5, 0.6) is 0 Å². The Kier molecular flexibility index (Phi) is 1.70. The first-order valence-corrected chi connectivity index (χ1v) is 4.10. The summed E-state index contributed by atoms with van der Waals surface area (Å²) in [6.45, 7) is 1.92. The lowest BCUT2D eigenvalue weighted by Crippen LogP contribution is -1.90. The summed E-state index contributed by atoms with van der Waals surface area (Å²) in [6.07, 6.45) is 3.34. The normalized spacial score (nSPS) is 10.9. The molecule has 0 saturated carbocycles. The van der Waals surface area contributed by atoms with Crippen molar-refractivity contribution in [2.75, 3.05) is 0 Å². The number of hydrogen-bond acceptors (Lipinski definition) is 2. The molecule has 0 aromatic carbocycles. The van der Waals surface area contributed by atoms with Gasteiger partial charge >= 0.3 is 0 Å². The van der Waals surface area contributed by atoms with Crippen molar-refractivity contribution in [2.45, 2.75) is 6.92 Å². The third kappa shape index (κ3) is 1.06. The molecule has 0 bridgehead atoms. The van der Waals surface area contributed by atoms with Gasteiger partial charge in [-0.3, -0.25) is 0 Å². The zero-order valence-electron chi connectivity index (χ0n) is 6.25. The summed E-state index contributed by atoms with van der Waals surface area (Å²) in [7, 11) is 0. The minimum absolute atomic E-state index is 0.343. The average Bonchev–Trinajstić information content (AvgIpc) is 2.31. The van der Waals surface area contributed by atoms with E-state index in [1.54, 1.807) is 16.9 Å². The van der Waals surface area contributed by atoms with E-state index in [1.807, 2.05) is 6.92 Å². The van der Waals surface area contributed by atoms with Crippen LogP contribution < -0.4 is 0 Å². The number of halogens is 2. The molecule has 0 aliphatic heterocycles. The zero-order valence-corrected chi connectivity index (χ0v) is 7.76. The summed E-state index contributed by atoms with van der Waals surface area (Å²) in [5.41, 5.74) is 1.80. The Hall–Kier alpha value is -0.800. The number of aromatic nitrogens is 3. The second-order valence-electron chi connectivity index (χ2n) is 2.48. The fourth-order valence-electron chi connectivity index (χ4n) is 1.08. The van der Waals surface area contributed by atoms with Gasteiger partial charge in [-0.05, 0) is 12.5 Å². The van der Waals surface area contributed by atoms with Crippen molar-refractivity contribution in [3.63, 3.8) is 0 Å². The number of fused-ring (bicyclic) bond motifs is 1. The smallest absolute Gasteiger partial charge is 0.156 e. The molecule has 0 aliphatic rings. The quantitative estimate of drug-likeness (QED) is 0.656. The van der Waals surface area contributed by atoms with Crippen LogP contribution in [0.4, 0.5) is 0 Å². The minimum Gasteiger partial charge on any atom is -0.234 e. The van der Waals surface area contributed by atoms with Gasteiger partial charge in [0.25, 0.3) is 0 Å². The topological polar surface area (TPSA) is 30.2 Å². The van der Waals surface area contributed by atoms with E-state index in [4.69, 9.17) is 23.2 Å². The Labute approximate surface area is 78.9 Å². The second-order valence-corrected chi connectivity index (χ2v) is 3.22. The first kappa shape index (κ1) is 7.83. The van der Waals surface area contributed by atoms with Crippen molar-refractivity contribution < 1.29 is 0 Å². The van der Waals surface area contributed by atoms with Crippen LogP contribution in [0.3, 0.4) is 0 Å². The van der Waals surface area contributed by atoms with Gasteiger partial charge < -0.3 is 0 Å². The van der Waals surface area contributed by atoms with E-state index in [0.717, 1.165) is 11.1 Å².